The van der Waals surface area contributed by atoms with Crippen molar-refractivity contribution in [2.75, 3.05) is 12.4 Å². The molecule has 4 aliphatic rings. The number of halogens is 2. The molecule has 0 aromatic heterocycles. The van der Waals surface area contributed by atoms with Crippen LogP contribution in [0.15, 0.2) is 36.2 Å². The van der Waals surface area contributed by atoms with Crippen molar-refractivity contribution in [3.05, 3.63) is 41.2 Å². The first-order chi connectivity index (χ1) is 15.2. The minimum absolute atomic E-state index is 0.0434. The maximum Gasteiger partial charge on any atom is 0.282 e. The lowest BCUT2D eigenvalue weighted by molar-refractivity contribution is -0.144. The molecule has 2 amide bonds. The summed E-state index contributed by atoms with van der Waals surface area (Å²) in [4.78, 5) is 27.2. The lowest BCUT2D eigenvalue weighted by Crippen LogP contribution is -2.60. The fourth-order valence-corrected chi connectivity index (χ4v) is 8.23. The number of fused-ring (bicyclic) bond motifs is 5. The highest BCUT2D eigenvalue weighted by atomic mass is 35.5. The number of nitrogens with one attached hydrogen (secondary N) is 1. The van der Waals surface area contributed by atoms with Crippen molar-refractivity contribution in [1.29, 1.82) is 0 Å². The zero-order chi connectivity index (χ0) is 22.8. The second-order valence-corrected chi connectivity index (χ2v) is 11.3. The van der Waals surface area contributed by atoms with Crippen LogP contribution in [0.25, 0.3) is 0 Å². The topological polar surface area (TPSA) is 49.4 Å². The monoisotopic (exact) mass is 458 g/mol. The lowest BCUT2D eigenvalue weighted by Gasteiger charge is -2.60. The molecule has 1 aromatic rings. The average Bonchev–Trinajstić information content (AvgIpc) is 3.11. The molecule has 0 spiro atoms. The standard InChI is InChI=1S/C26H32ClFN2O2/c1-25-13-12-17-15(8-11-22-26(17,2)14-20(28)24(32)30(22)3)16(25)9-10-18(25)23(31)29-21-7-5-4-6-19(21)27/h4-7,14-18,22H,8-13H2,1-3H3,(H,29,31)/t15?,16-,17?,18+,22+,25-,26+/m0/s1. The van der Waals surface area contributed by atoms with Gasteiger partial charge in [0, 0.05) is 24.4 Å². The molecule has 1 aromatic carbocycles. The summed E-state index contributed by atoms with van der Waals surface area (Å²) >= 11 is 6.27. The zero-order valence-electron chi connectivity index (χ0n) is 19.0. The minimum Gasteiger partial charge on any atom is -0.336 e. The molecule has 3 aliphatic carbocycles. The smallest absolute Gasteiger partial charge is 0.282 e. The summed E-state index contributed by atoms with van der Waals surface area (Å²) in [5.74, 6) is 0.172. The van der Waals surface area contributed by atoms with Gasteiger partial charge in [-0.25, -0.2) is 4.39 Å². The molecule has 0 bridgehead atoms. The molecule has 6 heteroatoms. The summed E-state index contributed by atoms with van der Waals surface area (Å²) in [6, 6.07) is 7.43. The summed E-state index contributed by atoms with van der Waals surface area (Å²) in [5, 5.41) is 3.63. The largest absolute Gasteiger partial charge is 0.336 e. The van der Waals surface area contributed by atoms with Crippen LogP contribution < -0.4 is 5.32 Å². The molecule has 3 saturated carbocycles. The molecule has 7 atom stereocenters. The first-order valence-electron chi connectivity index (χ1n) is 11.9. The lowest BCUT2D eigenvalue weighted by atomic mass is 9.47. The van der Waals surface area contributed by atoms with Crippen LogP contribution in [0.4, 0.5) is 10.1 Å². The molecular weight excluding hydrogens is 427 g/mol. The fraction of sp³-hybridized carbons (Fsp3) is 0.615. The van der Waals surface area contributed by atoms with Crippen LogP contribution in [-0.4, -0.2) is 29.8 Å². The highest BCUT2D eigenvalue weighted by Crippen LogP contribution is 2.65. The van der Waals surface area contributed by atoms with Crippen LogP contribution in [0, 0.1) is 34.5 Å². The van der Waals surface area contributed by atoms with E-state index in [0.29, 0.717) is 28.5 Å². The molecule has 4 nitrogen and oxygen atoms in total. The maximum absolute atomic E-state index is 14.6. The minimum atomic E-state index is -0.608. The quantitative estimate of drug-likeness (QED) is 0.606. The van der Waals surface area contributed by atoms with Gasteiger partial charge >= 0.3 is 0 Å². The van der Waals surface area contributed by atoms with Gasteiger partial charge in [0.05, 0.1) is 10.7 Å². The Morgan fingerprint density at radius 2 is 1.88 bits per heavy atom. The molecule has 5 rings (SSSR count). The van der Waals surface area contributed by atoms with Crippen LogP contribution in [0.3, 0.4) is 0 Å². The average molecular weight is 459 g/mol. The Hall–Kier alpha value is -1.88. The van der Waals surface area contributed by atoms with E-state index in [1.807, 2.05) is 18.2 Å². The van der Waals surface area contributed by atoms with Crippen LogP contribution >= 0.6 is 11.6 Å². The molecule has 2 unspecified atom stereocenters. The molecule has 3 fully saturated rings. The van der Waals surface area contributed by atoms with Gasteiger partial charge in [0.15, 0.2) is 5.83 Å². The van der Waals surface area contributed by atoms with Crippen molar-refractivity contribution in [3.8, 4) is 0 Å². The normalized spacial score (nSPS) is 40.8. The number of benzene rings is 1. The molecular formula is C26H32ClFN2O2. The second kappa shape index (κ2) is 7.58. The summed E-state index contributed by atoms with van der Waals surface area (Å²) in [5.41, 5.74) is 0.270. The van der Waals surface area contributed by atoms with Crippen LogP contribution in [-0.2, 0) is 9.59 Å². The molecule has 0 radical (unpaired) electrons. The number of likely N-dealkylation sites (N-methyl/N-ethyl adjacent to an activating group) is 1. The van der Waals surface area contributed by atoms with Gasteiger partial charge in [0.25, 0.3) is 5.91 Å². The number of hydrogen-bond acceptors (Lipinski definition) is 2. The maximum atomic E-state index is 14.6. The predicted octanol–water partition coefficient (Wildman–Crippen LogP) is 5.83. The van der Waals surface area contributed by atoms with E-state index in [4.69, 9.17) is 11.6 Å². The third-order valence-electron chi connectivity index (χ3n) is 9.61. The van der Waals surface area contributed by atoms with Gasteiger partial charge in [-0.1, -0.05) is 37.6 Å². The number of carbonyl (C=O) groups excluding carboxylic acids is 2. The third kappa shape index (κ3) is 3.07. The number of amides is 2. The zero-order valence-corrected chi connectivity index (χ0v) is 19.8. The Morgan fingerprint density at radius 1 is 1.12 bits per heavy atom. The second-order valence-electron chi connectivity index (χ2n) is 10.9. The van der Waals surface area contributed by atoms with Gasteiger partial charge in [-0.05, 0) is 79.9 Å². The van der Waals surface area contributed by atoms with Crippen molar-refractivity contribution in [2.24, 2.45) is 34.5 Å². The van der Waals surface area contributed by atoms with E-state index in [2.05, 4.69) is 19.2 Å². The predicted molar refractivity (Wildman–Crippen MR) is 124 cm³/mol. The van der Waals surface area contributed by atoms with E-state index in [1.165, 1.54) is 0 Å². The van der Waals surface area contributed by atoms with Crippen LogP contribution in [0.2, 0.25) is 5.02 Å². The van der Waals surface area contributed by atoms with Gasteiger partial charge in [-0.3, -0.25) is 9.59 Å². The number of hydrogen-bond donors (Lipinski definition) is 1. The molecule has 1 N–H and O–H groups in total. The van der Waals surface area contributed by atoms with Gasteiger partial charge in [-0.2, -0.15) is 0 Å². The molecule has 172 valence electrons. The molecule has 1 heterocycles. The van der Waals surface area contributed by atoms with Crippen LogP contribution in [0.5, 0.6) is 0 Å². The number of carbonyl (C=O) groups is 2. The number of rotatable bonds is 2. The highest BCUT2D eigenvalue weighted by molar-refractivity contribution is 6.33. The Labute approximate surface area is 194 Å². The summed E-state index contributed by atoms with van der Waals surface area (Å²) in [7, 11) is 1.75. The van der Waals surface area contributed by atoms with Gasteiger partial charge in [0.1, 0.15) is 0 Å². The summed E-state index contributed by atoms with van der Waals surface area (Å²) in [6.07, 6.45) is 7.39. The van der Waals surface area contributed by atoms with Crippen molar-refractivity contribution in [3.63, 3.8) is 0 Å². The highest BCUT2D eigenvalue weighted by Gasteiger charge is 2.62. The van der Waals surface area contributed by atoms with E-state index < -0.39 is 11.7 Å². The van der Waals surface area contributed by atoms with E-state index in [1.54, 1.807) is 24.1 Å². The number of para-hydroxylation sites is 1. The molecule has 32 heavy (non-hydrogen) atoms. The van der Waals surface area contributed by atoms with Crippen molar-refractivity contribution in [1.82, 2.24) is 4.90 Å². The first-order valence-corrected chi connectivity index (χ1v) is 12.3. The summed E-state index contributed by atoms with van der Waals surface area (Å²) in [6.45, 7) is 4.44. The Kier molecular flexibility index (Phi) is 5.20. The number of nitrogens with zero attached hydrogens (tertiary/aromatic N) is 1. The third-order valence-corrected chi connectivity index (χ3v) is 9.94. The van der Waals surface area contributed by atoms with Crippen LogP contribution in [0.1, 0.15) is 52.4 Å². The number of anilines is 1. The van der Waals surface area contributed by atoms with Gasteiger partial charge < -0.3 is 10.2 Å². The van der Waals surface area contributed by atoms with E-state index >= 15 is 0 Å². The molecule has 0 saturated heterocycles. The van der Waals surface area contributed by atoms with Gasteiger partial charge in [0.2, 0.25) is 5.91 Å². The van der Waals surface area contributed by atoms with E-state index in [-0.39, 0.29) is 28.7 Å². The van der Waals surface area contributed by atoms with Crippen molar-refractivity contribution < 1.29 is 14.0 Å². The van der Waals surface area contributed by atoms with E-state index in [9.17, 15) is 14.0 Å². The van der Waals surface area contributed by atoms with E-state index in [0.717, 1.165) is 38.5 Å². The Morgan fingerprint density at radius 3 is 2.62 bits per heavy atom. The summed E-state index contributed by atoms with van der Waals surface area (Å²) < 4.78 is 14.6. The van der Waals surface area contributed by atoms with Crippen molar-refractivity contribution >= 4 is 29.1 Å². The Bertz CT molecular complexity index is 996. The SMILES string of the molecule is CN1C(=O)C(F)=C[C@]2(C)C3CC[C@]4(C)[C@@H](C(=O)Nc5ccccc5Cl)CC[C@H]4C3CC[C@@H]12. The first kappa shape index (κ1) is 21.9. The Balaban J connectivity index is 1.40. The fourth-order valence-electron chi connectivity index (χ4n) is 8.04. The van der Waals surface area contributed by atoms with Crippen molar-refractivity contribution in [2.45, 2.75) is 58.4 Å². The molecule has 1 aliphatic heterocycles. The van der Waals surface area contributed by atoms with Gasteiger partial charge in [-0.15, -0.1) is 0 Å².